The van der Waals surface area contributed by atoms with Crippen LogP contribution in [0.1, 0.15) is 0 Å². The largest absolute Gasteiger partial charge is 1.00 e. The summed E-state index contributed by atoms with van der Waals surface area (Å²) in [6.07, 6.45) is 0. The van der Waals surface area contributed by atoms with Crippen LogP contribution >= 0.6 is 0 Å². The molecule has 0 aromatic heterocycles. The summed E-state index contributed by atoms with van der Waals surface area (Å²) in [5.41, 5.74) is 0. The Morgan fingerprint density at radius 2 is 0.500 bits per heavy atom. The molecule has 0 aliphatic heterocycles. The summed E-state index contributed by atoms with van der Waals surface area (Å²) in [7, 11) is 0. The van der Waals surface area contributed by atoms with Crippen LogP contribution in [-0.4, -0.2) is 0 Å². The first-order chi connectivity index (χ1) is 0. The van der Waals surface area contributed by atoms with Crippen LogP contribution in [0.4, 0.5) is 0 Å². The molecule has 0 saturated heterocycles. The Kier molecular flexibility index (Phi) is 541. The molecule has 0 aromatic carbocycles. The summed E-state index contributed by atoms with van der Waals surface area (Å²) in [5, 5.41) is 0. The Morgan fingerprint density at radius 1 is 0.500 bits per heavy atom. The second-order valence-electron chi connectivity index (χ2n) is 0. The van der Waals surface area contributed by atoms with Gasteiger partial charge in [-0.3, -0.25) is 0 Å². The molecule has 0 unspecified atom stereocenters. The molecule has 0 rings (SSSR count). The first-order valence-corrected chi connectivity index (χ1v) is 0. The summed E-state index contributed by atoms with van der Waals surface area (Å²) < 4.78 is 0. The van der Waals surface area contributed by atoms with E-state index in [0.29, 0.717) is 0 Å². The minimum absolute atomic E-state index is 0. The zero-order chi connectivity index (χ0) is 0. The molecule has 0 saturated carbocycles. The van der Waals surface area contributed by atoms with Crippen molar-refractivity contribution in [1.82, 2.24) is 0 Å². The molecule has 0 radical (unpaired) electrons. The molecule has 0 aliphatic carbocycles. The number of halogens is 2. The van der Waals surface area contributed by atoms with Crippen molar-refractivity contribution >= 4 is 0 Å². The Morgan fingerprint density at radius 3 is 0.500 bits per heavy atom. The summed E-state index contributed by atoms with van der Waals surface area (Å²) in [6, 6.07) is 0. The van der Waals surface area contributed by atoms with Gasteiger partial charge in [0, 0.05) is 75.1 Å². The van der Waals surface area contributed by atoms with E-state index in [2.05, 4.69) is 0 Å². The van der Waals surface area contributed by atoms with Gasteiger partial charge in [-0.15, -0.1) is 0 Å². The molecule has 0 amide bonds. The SMILES string of the molecule is [I-].[I-].[Li+].[Li+].[Mo].[Mo].[Ni].[Ni]. The molecule has 0 heterocycles. The van der Waals surface area contributed by atoms with E-state index in [-0.39, 0.29) is 161 Å². The second kappa shape index (κ2) is 57.9. The zero-order valence-electron chi connectivity index (χ0n) is 4.20. The van der Waals surface area contributed by atoms with Crippen LogP contribution in [-0.2, 0) is 75.1 Å². The normalized spacial score (nSPS) is 0. The van der Waals surface area contributed by atoms with Crippen molar-refractivity contribution in [3.63, 3.8) is 0 Å². The molecule has 8 heavy (non-hydrogen) atoms. The van der Waals surface area contributed by atoms with Crippen LogP contribution in [0.2, 0.25) is 0 Å². The van der Waals surface area contributed by atoms with E-state index in [1.807, 2.05) is 0 Å². The van der Waals surface area contributed by atoms with E-state index >= 15 is 0 Å². The van der Waals surface area contributed by atoms with Crippen LogP contribution < -0.4 is 85.7 Å². The molecule has 0 nitrogen and oxygen atoms in total. The van der Waals surface area contributed by atoms with Gasteiger partial charge < -0.3 is 48.0 Å². The van der Waals surface area contributed by atoms with E-state index in [1.165, 1.54) is 0 Å². The third-order valence-electron chi connectivity index (χ3n) is 0. The smallest absolute Gasteiger partial charge is 1.00 e. The maximum atomic E-state index is 0. The Labute approximate surface area is 157 Å². The maximum Gasteiger partial charge on any atom is 1.00 e. The summed E-state index contributed by atoms with van der Waals surface area (Å²) in [5.74, 6) is 0. The topological polar surface area (TPSA) is 0 Å². The minimum atomic E-state index is 0. The van der Waals surface area contributed by atoms with Crippen molar-refractivity contribution in [2.45, 2.75) is 0 Å². The minimum Gasteiger partial charge on any atom is -1.00 e. The van der Waals surface area contributed by atoms with Gasteiger partial charge in [-0.05, 0) is 0 Å². The zero-order valence-corrected chi connectivity index (χ0v) is 14.5. The fourth-order valence-electron chi connectivity index (χ4n) is 0. The van der Waals surface area contributed by atoms with Gasteiger partial charge in [0.15, 0.2) is 0 Å². The first-order valence-electron chi connectivity index (χ1n) is 0. The molecule has 0 N–H and O–H groups in total. The molecular formula is I2Li2Mo2Ni2. The van der Waals surface area contributed by atoms with Crippen LogP contribution in [0.15, 0.2) is 0 Å². The van der Waals surface area contributed by atoms with E-state index < -0.39 is 0 Å². The van der Waals surface area contributed by atoms with Crippen molar-refractivity contribution in [2.75, 3.05) is 0 Å². The summed E-state index contributed by atoms with van der Waals surface area (Å²) >= 11 is 0. The fraction of sp³-hybridized carbons (Fsp3) is 0. The van der Waals surface area contributed by atoms with E-state index in [0.717, 1.165) is 0 Å². The average molecular weight is 577 g/mol. The first kappa shape index (κ1) is 74.7. The number of hydrogen-bond donors (Lipinski definition) is 0. The van der Waals surface area contributed by atoms with Gasteiger partial charge in [0.2, 0.25) is 0 Å². The number of hydrogen-bond acceptors (Lipinski definition) is 0. The number of rotatable bonds is 0. The van der Waals surface area contributed by atoms with Crippen LogP contribution in [0, 0.1) is 0 Å². The van der Waals surface area contributed by atoms with Crippen molar-refractivity contribution in [3.8, 4) is 0 Å². The molecule has 8 heteroatoms. The molecular weight excluding hydrogens is 577 g/mol. The van der Waals surface area contributed by atoms with Crippen molar-refractivity contribution in [3.05, 3.63) is 0 Å². The van der Waals surface area contributed by atoms with E-state index in [4.69, 9.17) is 0 Å². The van der Waals surface area contributed by atoms with Gasteiger partial charge in [-0.25, -0.2) is 0 Å². The van der Waals surface area contributed by atoms with Crippen molar-refractivity contribution < 1.29 is 161 Å². The molecule has 0 aliphatic rings. The Balaban J connectivity index is 0. The summed E-state index contributed by atoms with van der Waals surface area (Å²) in [6.45, 7) is 0. The van der Waals surface area contributed by atoms with Gasteiger partial charge in [0.25, 0.3) is 0 Å². The predicted octanol–water partition coefficient (Wildman–Crippen LogP) is -12.0. The maximum absolute atomic E-state index is 0. The quantitative estimate of drug-likeness (QED) is 0.199. The fourth-order valence-corrected chi connectivity index (χ4v) is 0. The molecule has 0 spiro atoms. The molecule has 0 bridgehead atoms. The van der Waals surface area contributed by atoms with Crippen LogP contribution in [0.3, 0.4) is 0 Å². The van der Waals surface area contributed by atoms with Gasteiger partial charge in [0.05, 0.1) is 0 Å². The Bertz CT molecular complexity index is 16.0. The van der Waals surface area contributed by atoms with Crippen LogP contribution in [0.5, 0.6) is 0 Å². The predicted molar refractivity (Wildman–Crippen MR) is 0 cm³/mol. The van der Waals surface area contributed by atoms with Crippen LogP contribution in [0.25, 0.3) is 0 Å². The van der Waals surface area contributed by atoms with E-state index in [9.17, 15) is 0 Å². The van der Waals surface area contributed by atoms with Gasteiger partial charge in [-0.2, -0.15) is 0 Å². The van der Waals surface area contributed by atoms with Gasteiger partial charge in [0.1, 0.15) is 0 Å². The molecule has 0 fully saturated rings. The molecule has 0 aromatic rings. The third-order valence-corrected chi connectivity index (χ3v) is 0. The van der Waals surface area contributed by atoms with Gasteiger partial charge in [-0.1, -0.05) is 0 Å². The second-order valence-corrected chi connectivity index (χ2v) is 0. The Hall–Kier alpha value is 5.02. The molecule has 0 atom stereocenters. The average Bonchev–Trinajstić information content (AvgIpc) is 0. The third kappa shape index (κ3) is 43.9. The summed E-state index contributed by atoms with van der Waals surface area (Å²) in [4.78, 5) is 0. The monoisotopic (exact) mass is 580 g/mol. The van der Waals surface area contributed by atoms with Crippen molar-refractivity contribution in [2.24, 2.45) is 0 Å². The standard InChI is InChI=1S/2HI.2Li.2Mo.2Ni/h2*1H;;;;;;/q;;2*+1;;;;/p-2. The van der Waals surface area contributed by atoms with Gasteiger partial charge >= 0.3 is 37.7 Å². The van der Waals surface area contributed by atoms with E-state index in [1.54, 1.807) is 0 Å². The van der Waals surface area contributed by atoms with Crippen molar-refractivity contribution in [1.29, 1.82) is 0 Å². The molecule has 48 valence electrons.